The molecule has 2 aromatic rings. The van der Waals surface area contributed by atoms with Crippen molar-refractivity contribution in [3.8, 4) is 17.2 Å². The van der Waals surface area contributed by atoms with Crippen LogP contribution in [-0.2, 0) is 4.74 Å². The first-order valence-electron chi connectivity index (χ1n) is 6.67. The Kier molecular flexibility index (Phi) is 4.18. The summed E-state index contributed by atoms with van der Waals surface area (Å²) in [6.07, 6.45) is -0.255. The number of nitrogen functional groups attached to an aromatic ring is 1. The van der Waals surface area contributed by atoms with E-state index in [4.69, 9.17) is 19.7 Å². The van der Waals surface area contributed by atoms with Crippen molar-refractivity contribution in [1.82, 2.24) is 10.1 Å². The van der Waals surface area contributed by atoms with E-state index in [0.717, 1.165) is 0 Å². The van der Waals surface area contributed by atoms with Gasteiger partial charge in [0.05, 0.1) is 12.7 Å². The first-order chi connectivity index (χ1) is 9.86. The van der Waals surface area contributed by atoms with Crippen LogP contribution in [0, 0.1) is 5.41 Å². The highest BCUT2D eigenvalue weighted by atomic mass is 16.5. The van der Waals surface area contributed by atoms with Crippen molar-refractivity contribution in [3.05, 3.63) is 24.0 Å². The monoisotopic (exact) mass is 291 g/mol. The van der Waals surface area contributed by atoms with Gasteiger partial charge in [0.1, 0.15) is 11.9 Å². The van der Waals surface area contributed by atoms with Crippen molar-refractivity contribution in [1.29, 1.82) is 0 Å². The summed E-state index contributed by atoms with van der Waals surface area (Å²) in [5, 5.41) is 4.02. The molecule has 0 bridgehead atoms. The van der Waals surface area contributed by atoms with Gasteiger partial charge in [0.25, 0.3) is 5.89 Å². The fourth-order valence-corrected chi connectivity index (χ4v) is 2.16. The van der Waals surface area contributed by atoms with Crippen LogP contribution in [0.4, 0.5) is 5.69 Å². The zero-order valence-electron chi connectivity index (χ0n) is 13.0. The second kappa shape index (κ2) is 5.73. The van der Waals surface area contributed by atoms with E-state index in [-0.39, 0.29) is 11.5 Å². The van der Waals surface area contributed by atoms with Gasteiger partial charge in [0.2, 0.25) is 5.82 Å². The summed E-state index contributed by atoms with van der Waals surface area (Å²) < 4.78 is 15.9. The number of rotatable bonds is 4. The lowest BCUT2D eigenvalue weighted by Crippen LogP contribution is -2.21. The maximum absolute atomic E-state index is 5.99. The third-order valence-electron chi connectivity index (χ3n) is 3.19. The van der Waals surface area contributed by atoms with Crippen LogP contribution in [-0.4, -0.2) is 24.4 Å². The minimum atomic E-state index is -0.255. The second-order valence-corrected chi connectivity index (χ2v) is 5.89. The molecule has 0 spiro atoms. The van der Waals surface area contributed by atoms with Gasteiger partial charge in [-0.05, 0) is 17.5 Å². The number of nitrogens with two attached hydrogens (primary N) is 1. The summed E-state index contributed by atoms with van der Waals surface area (Å²) in [6.45, 7) is 6.16. The molecule has 0 amide bonds. The van der Waals surface area contributed by atoms with Gasteiger partial charge in [-0.3, -0.25) is 0 Å². The molecule has 1 heterocycles. The number of benzene rings is 1. The van der Waals surface area contributed by atoms with E-state index in [1.807, 2.05) is 0 Å². The molecule has 1 unspecified atom stereocenters. The van der Waals surface area contributed by atoms with E-state index in [1.165, 1.54) is 0 Å². The van der Waals surface area contributed by atoms with Gasteiger partial charge in [-0.25, -0.2) is 0 Å². The Balaban J connectivity index is 2.36. The Morgan fingerprint density at radius 2 is 1.95 bits per heavy atom. The number of methoxy groups -OCH3 is 2. The average molecular weight is 291 g/mol. The Labute approximate surface area is 124 Å². The fourth-order valence-electron chi connectivity index (χ4n) is 2.16. The molecule has 1 atom stereocenters. The van der Waals surface area contributed by atoms with Crippen LogP contribution in [0.1, 0.15) is 32.7 Å². The maximum atomic E-state index is 5.99. The molecule has 0 saturated heterocycles. The highest BCUT2D eigenvalue weighted by Gasteiger charge is 2.30. The van der Waals surface area contributed by atoms with Gasteiger partial charge in [0, 0.05) is 18.9 Å². The smallest absolute Gasteiger partial charge is 0.260 e. The Hall–Kier alpha value is -2.08. The minimum absolute atomic E-state index is 0.138. The number of ether oxygens (including phenoxy) is 2. The summed E-state index contributed by atoms with van der Waals surface area (Å²) in [5.41, 5.74) is 7.06. The van der Waals surface area contributed by atoms with Crippen molar-refractivity contribution < 1.29 is 14.0 Å². The molecular weight excluding hydrogens is 270 g/mol. The number of nitrogens with zero attached hydrogens (tertiary/aromatic N) is 2. The minimum Gasteiger partial charge on any atom is -0.497 e. The molecule has 0 saturated carbocycles. The third kappa shape index (κ3) is 3.16. The summed E-state index contributed by atoms with van der Waals surface area (Å²) in [4.78, 5) is 4.41. The molecule has 6 heteroatoms. The Bertz CT molecular complexity index is 617. The van der Waals surface area contributed by atoms with Crippen molar-refractivity contribution in [2.45, 2.75) is 26.9 Å². The first kappa shape index (κ1) is 15.3. The Morgan fingerprint density at radius 3 is 2.48 bits per heavy atom. The quantitative estimate of drug-likeness (QED) is 0.872. The molecule has 6 nitrogen and oxygen atoms in total. The highest BCUT2D eigenvalue weighted by Crippen LogP contribution is 2.35. The average Bonchev–Trinajstić information content (AvgIpc) is 2.86. The zero-order valence-corrected chi connectivity index (χ0v) is 13.0. The predicted octanol–water partition coefficient (Wildman–Crippen LogP) is 3.06. The standard InChI is InChI=1S/C15H21N3O3/c1-15(2,3)12(20-5)13-17-14(21-18-13)10-7-6-9(19-4)8-11(10)16/h6-8,12H,16H2,1-5H3. The van der Waals surface area contributed by atoms with Gasteiger partial charge in [-0.15, -0.1) is 0 Å². The van der Waals surface area contributed by atoms with Gasteiger partial charge in [-0.2, -0.15) is 4.98 Å². The first-order valence-corrected chi connectivity index (χ1v) is 6.67. The number of anilines is 1. The van der Waals surface area contributed by atoms with Crippen LogP contribution in [0.2, 0.25) is 0 Å². The molecule has 0 radical (unpaired) electrons. The highest BCUT2D eigenvalue weighted by molar-refractivity contribution is 5.71. The van der Waals surface area contributed by atoms with Gasteiger partial charge < -0.3 is 19.7 Å². The Morgan fingerprint density at radius 1 is 1.24 bits per heavy atom. The van der Waals surface area contributed by atoms with Crippen LogP contribution in [0.15, 0.2) is 22.7 Å². The summed E-state index contributed by atoms with van der Waals surface area (Å²) in [5.74, 6) is 1.56. The lowest BCUT2D eigenvalue weighted by atomic mass is 9.88. The molecule has 0 aliphatic heterocycles. The van der Waals surface area contributed by atoms with Crippen LogP contribution in [0.3, 0.4) is 0 Å². The van der Waals surface area contributed by atoms with Crippen molar-refractivity contribution in [3.63, 3.8) is 0 Å². The van der Waals surface area contributed by atoms with E-state index in [0.29, 0.717) is 28.7 Å². The molecule has 1 aromatic carbocycles. The predicted molar refractivity (Wildman–Crippen MR) is 79.9 cm³/mol. The van der Waals surface area contributed by atoms with E-state index in [9.17, 15) is 0 Å². The maximum Gasteiger partial charge on any atom is 0.260 e. The lowest BCUT2D eigenvalue weighted by Gasteiger charge is -2.26. The lowest BCUT2D eigenvalue weighted by molar-refractivity contribution is 0.00718. The zero-order chi connectivity index (χ0) is 15.6. The van der Waals surface area contributed by atoms with Crippen LogP contribution in [0.5, 0.6) is 5.75 Å². The number of aromatic nitrogens is 2. The van der Waals surface area contributed by atoms with Crippen LogP contribution < -0.4 is 10.5 Å². The van der Waals surface area contributed by atoms with Gasteiger partial charge in [0.15, 0.2) is 0 Å². The molecule has 1 aromatic heterocycles. The van der Waals surface area contributed by atoms with Crippen LogP contribution in [0.25, 0.3) is 11.5 Å². The molecule has 2 N–H and O–H groups in total. The molecular formula is C15H21N3O3. The SMILES string of the molecule is COc1ccc(-c2nc(C(OC)C(C)(C)C)no2)c(N)c1. The topological polar surface area (TPSA) is 83.4 Å². The fraction of sp³-hybridized carbons (Fsp3) is 0.467. The molecule has 21 heavy (non-hydrogen) atoms. The molecule has 0 aliphatic carbocycles. The molecule has 0 aliphatic rings. The number of hydrogen-bond acceptors (Lipinski definition) is 6. The van der Waals surface area contributed by atoms with E-state index in [2.05, 4.69) is 30.9 Å². The summed E-state index contributed by atoms with van der Waals surface area (Å²) in [6, 6.07) is 5.31. The molecule has 0 fully saturated rings. The van der Waals surface area contributed by atoms with Gasteiger partial charge >= 0.3 is 0 Å². The largest absolute Gasteiger partial charge is 0.497 e. The summed E-state index contributed by atoms with van der Waals surface area (Å²) >= 11 is 0. The molecule has 2 rings (SSSR count). The normalized spacial score (nSPS) is 13.2. The molecule has 114 valence electrons. The van der Waals surface area contributed by atoms with Crippen LogP contribution >= 0.6 is 0 Å². The van der Waals surface area contributed by atoms with E-state index >= 15 is 0 Å². The third-order valence-corrected chi connectivity index (χ3v) is 3.19. The van der Waals surface area contributed by atoms with E-state index in [1.54, 1.807) is 32.4 Å². The number of hydrogen-bond donors (Lipinski definition) is 1. The van der Waals surface area contributed by atoms with Gasteiger partial charge in [-0.1, -0.05) is 25.9 Å². The second-order valence-electron chi connectivity index (χ2n) is 5.89. The van der Waals surface area contributed by atoms with Crippen molar-refractivity contribution in [2.75, 3.05) is 20.0 Å². The van der Waals surface area contributed by atoms with Crippen molar-refractivity contribution in [2.24, 2.45) is 5.41 Å². The summed E-state index contributed by atoms with van der Waals surface area (Å²) in [7, 11) is 3.22. The van der Waals surface area contributed by atoms with E-state index < -0.39 is 0 Å². The van der Waals surface area contributed by atoms with Crippen molar-refractivity contribution >= 4 is 5.69 Å².